The van der Waals surface area contributed by atoms with Crippen molar-refractivity contribution in [3.63, 3.8) is 0 Å². The molecule has 1 rings (SSSR count). The molecule has 1 N–H and O–H groups in total. The molecular formula is C12H14F3NO4. The summed E-state index contributed by atoms with van der Waals surface area (Å²) in [6, 6.07) is 0. The molecule has 1 aliphatic rings. The number of hydrogen-bond acceptors (Lipinski definition) is 5. The number of allylic oxidation sites excluding steroid dienone is 2. The normalized spacial score (nSPS) is 25.4. The molecule has 0 aromatic carbocycles. The van der Waals surface area contributed by atoms with Crippen molar-refractivity contribution in [3.8, 4) is 0 Å². The lowest BCUT2D eigenvalue weighted by atomic mass is 9.84. The largest absolute Gasteiger partial charge is 0.501 e. The van der Waals surface area contributed by atoms with Crippen molar-refractivity contribution in [2.45, 2.75) is 19.5 Å². The topological polar surface area (TPSA) is 68.1 Å². The number of hydrogen-bond donors (Lipinski definition) is 1. The van der Waals surface area contributed by atoms with E-state index in [0.717, 1.165) is 0 Å². The highest BCUT2D eigenvalue weighted by molar-refractivity contribution is 5.94. The number of carbonyl (C=O) groups is 1. The van der Waals surface area contributed by atoms with Gasteiger partial charge < -0.3 is 14.7 Å². The Labute approximate surface area is 113 Å². The zero-order valence-electron chi connectivity index (χ0n) is 10.9. The molecule has 20 heavy (non-hydrogen) atoms. The summed E-state index contributed by atoms with van der Waals surface area (Å²) in [6.45, 7) is 4.87. The molecule has 0 amide bonds. The van der Waals surface area contributed by atoms with Crippen molar-refractivity contribution in [1.82, 2.24) is 0 Å². The van der Waals surface area contributed by atoms with Crippen LogP contribution in [-0.4, -0.2) is 30.2 Å². The van der Waals surface area contributed by atoms with E-state index in [0.29, 0.717) is 0 Å². The second-order valence-electron chi connectivity index (χ2n) is 4.27. The predicted octanol–water partition coefficient (Wildman–Crippen LogP) is 2.62. The van der Waals surface area contributed by atoms with Crippen LogP contribution < -0.4 is 0 Å². The van der Waals surface area contributed by atoms with Gasteiger partial charge in [0, 0.05) is 17.9 Å². The maximum absolute atomic E-state index is 12.8. The lowest BCUT2D eigenvalue weighted by Gasteiger charge is -2.28. The molecule has 0 spiro atoms. The molecule has 1 heterocycles. The lowest BCUT2D eigenvalue weighted by Crippen LogP contribution is -2.37. The molecule has 8 heteroatoms. The minimum Gasteiger partial charge on any atom is -0.501 e. The highest BCUT2D eigenvalue weighted by Crippen LogP contribution is 2.34. The average Bonchev–Trinajstić information content (AvgIpc) is 2.31. The number of halogens is 3. The first kappa shape index (κ1) is 16.1. The van der Waals surface area contributed by atoms with E-state index in [1.165, 1.54) is 20.1 Å². The van der Waals surface area contributed by atoms with Crippen molar-refractivity contribution in [2.75, 3.05) is 7.11 Å². The van der Waals surface area contributed by atoms with Gasteiger partial charge in [0.2, 0.25) is 0 Å². The summed E-state index contributed by atoms with van der Waals surface area (Å²) in [5, 5.41) is 10.9. The van der Waals surface area contributed by atoms with E-state index < -0.39 is 36.1 Å². The van der Waals surface area contributed by atoms with Crippen molar-refractivity contribution >= 4 is 11.7 Å². The minimum atomic E-state index is -4.86. The first-order valence-corrected chi connectivity index (χ1v) is 5.65. The fourth-order valence-electron chi connectivity index (χ4n) is 1.98. The summed E-state index contributed by atoms with van der Waals surface area (Å²) in [4.78, 5) is 11.5. The number of nitrogens with zero attached hydrogens (tertiary/aromatic N) is 1. The van der Waals surface area contributed by atoms with Gasteiger partial charge in [-0.3, -0.25) is 4.79 Å². The second kappa shape index (κ2) is 5.98. The van der Waals surface area contributed by atoms with E-state index >= 15 is 0 Å². The quantitative estimate of drug-likeness (QED) is 0.368. The SMILES string of the molecule is C=C1C=C(OC)C(C)C(/C(=N\O)C(F)(F)F)CC(=O)O1. The monoisotopic (exact) mass is 293 g/mol. The Morgan fingerprint density at radius 2 is 2.20 bits per heavy atom. The van der Waals surface area contributed by atoms with Crippen LogP contribution in [0.3, 0.4) is 0 Å². The second-order valence-corrected chi connectivity index (χ2v) is 4.27. The van der Waals surface area contributed by atoms with E-state index in [1.54, 1.807) is 0 Å². The van der Waals surface area contributed by atoms with E-state index in [2.05, 4.69) is 11.7 Å². The summed E-state index contributed by atoms with van der Waals surface area (Å²) >= 11 is 0. The summed E-state index contributed by atoms with van der Waals surface area (Å²) in [5.41, 5.74) is -1.45. The van der Waals surface area contributed by atoms with Crippen molar-refractivity contribution in [3.05, 3.63) is 24.2 Å². The van der Waals surface area contributed by atoms with Crippen LogP contribution in [-0.2, 0) is 14.3 Å². The molecule has 2 atom stereocenters. The Morgan fingerprint density at radius 3 is 2.65 bits per heavy atom. The standard InChI is InChI=1S/C12H14F3NO4/c1-6-4-9(19-3)7(2)8(5-10(17)20-6)11(16-18)12(13,14)15/h4,7-8,18H,1,5H2,2-3H3/b9-4?,16-11+. The molecule has 0 radical (unpaired) electrons. The van der Waals surface area contributed by atoms with E-state index in [1.807, 2.05) is 0 Å². The minimum absolute atomic E-state index is 0.0216. The van der Waals surface area contributed by atoms with Gasteiger partial charge in [-0.2, -0.15) is 13.2 Å². The molecule has 0 aromatic heterocycles. The third-order valence-electron chi connectivity index (χ3n) is 2.97. The number of esters is 1. The third-order valence-corrected chi connectivity index (χ3v) is 2.97. The number of alkyl halides is 3. The Hall–Kier alpha value is -1.99. The van der Waals surface area contributed by atoms with Crippen LogP contribution in [0.2, 0.25) is 0 Å². The maximum Gasteiger partial charge on any atom is 0.433 e. The molecule has 0 aromatic rings. The number of cyclic esters (lactones) is 1. The van der Waals surface area contributed by atoms with Gasteiger partial charge in [-0.15, -0.1) is 0 Å². The van der Waals surface area contributed by atoms with Crippen LogP contribution >= 0.6 is 0 Å². The Morgan fingerprint density at radius 1 is 1.60 bits per heavy atom. The molecule has 0 bridgehead atoms. The van der Waals surface area contributed by atoms with Crippen LogP contribution in [0, 0.1) is 11.8 Å². The fraction of sp³-hybridized carbons (Fsp3) is 0.500. The third kappa shape index (κ3) is 3.52. The molecular weight excluding hydrogens is 279 g/mol. The first-order valence-electron chi connectivity index (χ1n) is 5.65. The molecule has 5 nitrogen and oxygen atoms in total. The molecule has 0 saturated heterocycles. The molecule has 2 unspecified atom stereocenters. The number of ether oxygens (including phenoxy) is 2. The summed E-state index contributed by atoms with van der Waals surface area (Å²) < 4.78 is 48.2. The number of carbonyl (C=O) groups excluding carboxylic acids is 1. The van der Waals surface area contributed by atoms with Crippen molar-refractivity contribution in [2.24, 2.45) is 17.0 Å². The van der Waals surface area contributed by atoms with Crippen molar-refractivity contribution < 1.29 is 32.6 Å². The fourth-order valence-corrected chi connectivity index (χ4v) is 1.98. The van der Waals surface area contributed by atoms with Gasteiger partial charge in [0.25, 0.3) is 0 Å². The molecule has 0 aliphatic carbocycles. The molecule has 0 saturated carbocycles. The summed E-state index contributed by atoms with van der Waals surface area (Å²) in [7, 11) is 1.28. The summed E-state index contributed by atoms with van der Waals surface area (Å²) in [6.07, 6.45) is -4.22. The van der Waals surface area contributed by atoms with Gasteiger partial charge in [0.15, 0.2) is 5.71 Å². The van der Waals surface area contributed by atoms with Gasteiger partial charge in [-0.05, 0) is 0 Å². The van der Waals surface area contributed by atoms with Gasteiger partial charge in [0.1, 0.15) is 11.5 Å². The number of methoxy groups -OCH3 is 1. The van der Waals surface area contributed by atoms with Crippen LogP contribution in [0.15, 0.2) is 29.3 Å². The molecule has 112 valence electrons. The zero-order valence-corrected chi connectivity index (χ0v) is 10.9. The molecule has 1 aliphatic heterocycles. The van der Waals surface area contributed by atoms with Crippen LogP contribution in [0.4, 0.5) is 13.2 Å². The zero-order chi connectivity index (χ0) is 15.5. The average molecular weight is 293 g/mol. The van der Waals surface area contributed by atoms with Gasteiger partial charge in [0.05, 0.1) is 13.5 Å². The van der Waals surface area contributed by atoms with E-state index in [4.69, 9.17) is 14.7 Å². The highest BCUT2D eigenvalue weighted by Gasteiger charge is 2.46. The van der Waals surface area contributed by atoms with Crippen LogP contribution in [0.5, 0.6) is 0 Å². The Balaban J connectivity index is 3.25. The smallest absolute Gasteiger partial charge is 0.433 e. The number of rotatable bonds is 2. The van der Waals surface area contributed by atoms with Gasteiger partial charge in [-0.25, -0.2) is 0 Å². The maximum atomic E-state index is 12.8. The van der Waals surface area contributed by atoms with Gasteiger partial charge in [-0.1, -0.05) is 18.7 Å². The first-order chi connectivity index (χ1) is 9.20. The van der Waals surface area contributed by atoms with Crippen LogP contribution in [0.1, 0.15) is 13.3 Å². The Kier molecular flexibility index (Phi) is 4.80. The van der Waals surface area contributed by atoms with Crippen LogP contribution in [0.25, 0.3) is 0 Å². The molecule has 0 fully saturated rings. The lowest BCUT2D eigenvalue weighted by molar-refractivity contribution is -0.140. The predicted molar refractivity (Wildman–Crippen MR) is 62.9 cm³/mol. The van der Waals surface area contributed by atoms with E-state index in [-0.39, 0.29) is 11.5 Å². The summed E-state index contributed by atoms with van der Waals surface area (Å²) in [5.74, 6) is -3.00. The van der Waals surface area contributed by atoms with E-state index in [9.17, 15) is 18.0 Å². The highest BCUT2D eigenvalue weighted by atomic mass is 19.4. The Bertz CT molecular complexity index is 468. The number of oxime groups is 1. The van der Waals surface area contributed by atoms with Crippen molar-refractivity contribution in [1.29, 1.82) is 0 Å². The van der Waals surface area contributed by atoms with Gasteiger partial charge >= 0.3 is 12.1 Å².